The third-order valence-corrected chi connectivity index (χ3v) is 3.65. The van der Waals surface area contributed by atoms with Crippen LogP contribution in [0.2, 0.25) is 0 Å². The van der Waals surface area contributed by atoms with E-state index in [1.807, 2.05) is 13.0 Å². The van der Waals surface area contributed by atoms with Crippen LogP contribution in [0.1, 0.15) is 38.2 Å². The number of rotatable bonds is 2. The Morgan fingerprint density at radius 3 is 2.60 bits per heavy atom. The lowest BCUT2D eigenvalue weighted by molar-refractivity contribution is 0.306. The minimum Gasteiger partial charge on any atom is -0.321 e. The highest BCUT2D eigenvalue weighted by molar-refractivity contribution is 5.25. The van der Waals surface area contributed by atoms with Gasteiger partial charge in [0.1, 0.15) is 5.82 Å². The van der Waals surface area contributed by atoms with Gasteiger partial charge in [-0.15, -0.1) is 0 Å². The highest BCUT2D eigenvalue weighted by Crippen LogP contribution is 2.38. The summed E-state index contributed by atoms with van der Waals surface area (Å²) in [4.78, 5) is 0. The van der Waals surface area contributed by atoms with Crippen molar-refractivity contribution in [1.29, 1.82) is 0 Å². The van der Waals surface area contributed by atoms with E-state index < -0.39 is 0 Å². The molecule has 1 fully saturated rings. The van der Waals surface area contributed by atoms with Crippen molar-refractivity contribution in [2.45, 2.75) is 38.1 Å². The van der Waals surface area contributed by atoms with Crippen LogP contribution >= 0.6 is 0 Å². The molecule has 1 saturated carbocycles. The molecule has 0 saturated heterocycles. The summed E-state index contributed by atoms with van der Waals surface area (Å²) in [6.07, 6.45) is 4.85. The molecule has 15 heavy (non-hydrogen) atoms. The van der Waals surface area contributed by atoms with Crippen molar-refractivity contribution in [1.82, 2.24) is 0 Å². The molecule has 0 aliphatic heterocycles. The van der Waals surface area contributed by atoms with Gasteiger partial charge in [-0.3, -0.25) is 0 Å². The molecule has 1 atom stereocenters. The third-order valence-electron chi connectivity index (χ3n) is 3.65. The molecule has 0 heterocycles. The van der Waals surface area contributed by atoms with Crippen molar-refractivity contribution in [3.05, 3.63) is 35.6 Å². The fourth-order valence-electron chi connectivity index (χ4n) is 2.58. The number of hydrogen-bond donors (Lipinski definition) is 1. The summed E-state index contributed by atoms with van der Waals surface area (Å²) >= 11 is 0. The lowest BCUT2D eigenvalue weighted by Gasteiger charge is -2.32. The van der Waals surface area contributed by atoms with E-state index in [0.29, 0.717) is 5.92 Å². The van der Waals surface area contributed by atoms with Crippen molar-refractivity contribution in [3.63, 3.8) is 0 Å². The van der Waals surface area contributed by atoms with E-state index in [9.17, 15) is 4.39 Å². The summed E-state index contributed by atoms with van der Waals surface area (Å²) in [5.74, 6) is 0.307. The molecule has 2 rings (SSSR count). The fourth-order valence-corrected chi connectivity index (χ4v) is 2.58. The van der Waals surface area contributed by atoms with Gasteiger partial charge in [-0.25, -0.2) is 4.39 Å². The van der Waals surface area contributed by atoms with Gasteiger partial charge in [0.05, 0.1) is 0 Å². The summed E-state index contributed by atoms with van der Waals surface area (Å²) in [6, 6.07) is 6.71. The Labute approximate surface area is 90.5 Å². The van der Waals surface area contributed by atoms with Crippen molar-refractivity contribution in [3.8, 4) is 0 Å². The Balaban J connectivity index is 2.27. The number of nitrogens with two attached hydrogens (primary N) is 1. The van der Waals surface area contributed by atoms with E-state index in [1.165, 1.54) is 31.7 Å². The van der Waals surface area contributed by atoms with Gasteiger partial charge in [0, 0.05) is 5.54 Å². The number of halogens is 1. The Hall–Kier alpha value is -0.890. The second kappa shape index (κ2) is 3.93. The normalized spacial score (nSPS) is 21.5. The van der Waals surface area contributed by atoms with E-state index in [1.54, 1.807) is 12.1 Å². The van der Waals surface area contributed by atoms with Gasteiger partial charge >= 0.3 is 0 Å². The monoisotopic (exact) mass is 207 g/mol. The van der Waals surface area contributed by atoms with Crippen LogP contribution in [0.15, 0.2) is 24.3 Å². The topological polar surface area (TPSA) is 26.0 Å². The molecule has 0 radical (unpaired) electrons. The highest BCUT2D eigenvalue weighted by Gasteiger charge is 2.33. The first-order valence-corrected chi connectivity index (χ1v) is 5.65. The largest absolute Gasteiger partial charge is 0.321 e. The van der Waals surface area contributed by atoms with Gasteiger partial charge in [-0.05, 0) is 43.4 Å². The average molecular weight is 207 g/mol. The first-order valence-electron chi connectivity index (χ1n) is 5.65. The van der Waals surface area contributed by atoms with Crippen LogP contribution in [-0.2, 0) is 5.54 Å². The molecule has 1 unspecified atom stereocenters. The van der Waals surface area contributed by atoms with Crippen LogP contribution in [0.25, 0.3) is 0 Å². The van der Waals surface area contributed by atoms with Crippen LogP contribution in [0, 0.1) is 11.7 Å². The predicted octanol–water partition coefficient (Wildman–Crippen LogP) is 3.19. The van der Waals surface area contributed by atoms with Gasteiger partial charge in [0.25, 0.3) is 0 Å². The number of benzene rings is 1. The van der Waals surface area contributed by atoms with Crippen LogP contribution in [0.3, 0.4) is 0 Å². The average Bonchev–Trinajstić information content (AvgIpc) is 2.71. The standard InChI is InChI=1S/C13H18FN/c1-13(15,10-5-2-3-6-10)11-7-4-8-12(14)9-11/h4,7-10H,2-3,5-6,15H2,1H3. The smallest absolute Gasteiger partial charge is 0.123 e. The quantitative estimate of drug-likeness (QED) is 0.792. The lowest BCUT2D eigenvalue weighted by Crippen LogP contribution is -2.40. The maximum atomic E-state index is 13.1. The van der Waals surface area contributed by atoms with Crippen molar-refractivity contribution < 1.29 is 4.39 Å². The molecule has 2 N–H and O–H groups in total. The highest BCUT2D eigenvalue weighted by atomic mass is 19.1. The van der Waals surface area contributed by atoms with Gasteiger partial charge in [0.15, 0.2) is 0 Å². The first kappa shape index (κ1) is 10.6. The van der Waals surface area contributed by atoms with E-state index >= 15 is 0 Å². The Morgan fingerprint density at radius 2 is 2.00 bits per heavy atom. The van der Waals surface area contributed by atoms with Gasteiger partial charge in [-0.2, -0.15) is 0 Å². The Kier molecular flexibility index (Phi) is 2.79. The zero-order chi connectivity index (χ0) is 10.9. The zero-order valence-electron chi connectivity index (χ0n) is 9.17. The minimum atomic E-state index is -0.376. The van der Waals surface area contributed by atoms with Crippen LogP contribution in [0.5, 0.6) is 0 Å². The summed E-state index contributed by atoms with van der Waals surface area (Å²) in [5.41, 5.74) is 6.89. The molecular formula is C13H18FN. The van der Waals surface area contributed by atoms with E-state index in [2.05, 4.69) is 0 Å². The van der Waals surface area contributed by atoms with Crippen molar-refractivity contribution in [2.24, 2.45) is 11.7 Å². The second-order valence-corrected chi connectivity index (χ2v) is 4.77. The summed E-state index contributed by atoms with van der Waals surface area (Å²) in [7, 11) is 0. The fraction of sp³-hybridized carbons (Fsp3) is 0.538. The molecule has 0 aromatic heterocycles. The summed E-state index contributed by atoms with van der Waals surface area (Å²) < 4.78 is 13.1. The molecule has 1 aromatic rings. The van der Waals surface area contributed by atoms with Crippen LogP contribution < -0.4 is 5.73 Å². The van der Waals surface area contributed by atoms with Crippen LogP contribution in [-0.4, -0.2) is 0 Å². The second-order valence-electron chi connectivity index (χ2n) is 4.77. The van der Waals surface area contributed by atoms with Crippen molar-refractivity contribution in [2.75, 3.05) is 0 Å². The molecule has 0 bridgehead atoms. The van der Waals surface area contributed by atoms with Crippen LogP contribution in [0.4, 0.5) is 4.39 Å². The molecule has 0 spiro atoms. The summed E-state index contributed by atoms with van der Waals surface area (Å²) in [6.45, 7) is 2.03. The molecule has 0 amide bonds. The van der Waals surface area contributed by atoms with Gasteiger partial charge in [0.2, 0.25) is 0 Å². The predicted molar refractivity (Wildman–Crippen MR) is 59.9 cm³/mol. The molecular weight excluding hydrogens is 189 g/mol. The summed E-state index contributed by atoms with van der Waals surface area (Å²) in [5, 5.41) is 0. The van der Waals surface area contributed by atoms with Crippen molar-refractivity contribution >= 4 is 0 Å². The molecule has 1 nitrogen and oxygen atoms in total. The minimum absolute atomic E-state index is 0.192. The van der Waals surface area contributed by atoms with E-state index in [-0.39, 0.29) is 11.4 Å². The molecule has 1 aliphatic rings. The van der Waals surface area contributed by atoms with Gasteiger partial charge in [-0.1, -0.05) is 25.0 Å². The Morgan fingerprint density at radius 1 is 1.33 bits per heavy atom. The first-order chi connectivity index (χ1) is 7.10. The molecule has 1 aliphatic carbocycles. The number of hydrogen-bond acceptors (Lipinski definition) is 1. The Bertz CT molecular complexity index is 340. The van der Waals surface area contributed by atoms with E-state index in [4.69, 9.17) is 5.73 Å². The molecule has 1 aromatic carbocycles. The SMILES string of the molecule is CC(N)(c1cccc(F)c1)C1CCCC1. The van der Waals surface area contributed by atoms with Gasteiger partial charge < -0.3 is 5.73 Å². The van der Waals surface area contributed by atoms with E-state index in [0.717, 1.165) is 5.56 Å². The molecule has 2 heteroatoms. The zero-order valence-corrected chi connectivity index (χ0v) is 9.17. The molecule has 82 valence electrons. The lowest BCUT2D eigenvalue weighted by atomic mass is 9.79. The maximum Gasteiger partial charge on any atom is 0.123 e. The maximum absolute atomic E-state index is 13.1. The third kappa shape index (κ3) is 2.05.